The predicted octanol–water partition coefficient (Wildman–Crippen LogP) is 1.68. The summed E-state index contributed by atoms with van der Waals surface area (Å²) in [5.74, 6) is -0.716. The summed E-state index contributed by atoms with van der Waals surface area (Å²) in [7, 11) is 0. The number of benzene rings is 1. The molecule has 102 valence electrons. The second-order valence-corrected chi connectivity index (χ2v) is 5.15. The van der Waals surface area contributed by atoms with Crippen molar-refractivity contribution >= 4 is 29.2 Å². The summed E-state index contributed by atoms with van der Waals surface area (Å²) in [4.78, 5) is 24.1. The standard InChI is InChI=1S/C13H15ClN2O3/c14-10-1-3-11(4-2-10)15-12(17)8-16-6-9(7-16)5-13(18)19/h1-4,9H,5-8H2,(H,15,17)(H,18,19). The molecule has 0 atom stereocenters. The van der Waals surface area contributed by atoms with Crippen molar-refractivity contribution in [2.45, 2.75) is 6.42 Å². The molecule has 0 radical (unpaired) electrons. The van der Waals surface area contributed by atoms with Crippen molar-refractivity contribution in [2.75, 3.05) is 25.0 Å². The van der Waals surface area contributed by atoms with Gasteiger partial charge in [0.2, 0.25) is 5.91 Å². The molecule has 2 rings (SSSR count). The minimum absolute atomic E-state index is 0.101. The van der Waals surface area contributed by atoms with E-state index >= 15 is 0 Å². The molecule has 0 saturated carbocycles. The van der Waals surface area contributed by atoms with E-state index in [1.165, 1.54) is 0 Å². The number of nitrogens with one attached hydrogen (secondary N) is 1. The molecule has 0 aliphatic carbocycles. The Balaban J connectivity index is 1.71. The Morgan fingerprint density at radius 1 is 1.32 bits per heavy atom. The van der Waals surface area contributed by atoms with Gasteiger partial charge in [0, 0.05) is 23.8 Å². The Labute approximate surface area is 116 Å². The fourth-order valence-electron chi connectivity index (χ4n) is 2.12. The highest BCUT2D eigenvalue weighted by molar-refractivity contribution is 6.30. The normalized spacial score (nSPS) is 15.8. The lowest BCUT2D eigenvalue weighted by atomic mass is 9.96. The van der Waals surface area contributed by atoms with Crippen molar-refractivity contribution in [3.8, 4) is 0 Å². The van der Waals surface area contributed by atoms with Crippen molar-refractivity contribution in [2.24, 2.45) is 5.92 Å². The number of carbonyl (C=O) groups excluding carboxylic acids is 1. The molecule has 1 aromatic rings. The van der Waals surface area contributed by atoms with Crippen LogP contribution in [0, 0.1) is 5.92 Å². The molecule has 0 aromatic heterocycles. The maximum absolute atomic E-state index is 11.7. The summed E-state index contributed by atoms with van der Waals surface area (Å²) < 4.78 is 0. The first-order valence-corrected chi connectivity index (χ1v) is 6.40. The van der Waals surface area contributed by atoms with Crippen molar-refractivity contribution in [1.82, 2.24) is 4.90 Å². The smallest absolute Gasteiger partial charge is 0.303 e. The number of likely N-dealkylation sites (tertiary alicyclic amines) is 1. The van der Waals surface area contributed by atoms with Crippen molar-refractivity contribution in [1.29, 1.82) is 0 Å². The summed E-state index contributed by atoms with van der Waals surface area (Å²) in [5.41, 5.74) is 0.706. The topological polar surface area (TPSA) is 69.6 Å². The molecule has 0 unspecified atom stereocenters. The number of halogens is 1. The molecule has 1 aromatic carbocycles. The summed E-state index contributed by atoms with van der Waals surface area (Å²) >= 11 is 5.75. The van der Waals surface area contributed by atoms with Gasteiger partial charge in [-0.25, -0.2) is 0 Å². The van der Waals surface area contributed by atoms with Gasteiger partial charge in [-0.3, -0.25) is 14.5 Å². The number of rotatable bonds is 5. The number of carboxylic acids is 1. The van der Waals surface area contributed by atoms with E-state index in [4.69, 9.17) is 16.7 Å². The lowest BCUT2D eigenvalue weighted by molar-refractivity contribution is -0.139. The molecule has 0 bridgehead atoms. The van der Waals surface area contributed by atoms with Crippen molar-refractivity contribution in [3.63, 3.8) is 0 Å². The number of aliphatic carboxylic acids is 1. The van der Waals surface area contributed by atoms with Gasteiger partial charge in [0.1, 0.15) is 0 Å². The van der Waals surface area contributed by atoms with Crippen LogP contribution in [-0.2, 0) is 9.59 Å². The van der Waals surface area contributed by atoms with Crippen LogP contribution in [-0.4, -0.2) is 41.5 Å². The highest BCUT2D eigenvalue weighted by Crippen LogP contribution is 2.19. The number of amides is 1. The molecule has 1 saturated heterocycles. The minimum atomic E-state index is -0.782. The summed E-state index contributed by atoms with van der Waals surface area (Å²) in [6.07, 6.45) is 0.176. The third-order valence-corrected chi connectivity index (χ3v) is 3.24. The highest BCUT2D eigenvalue weighted by Gasteiger charge is 2.29. The van der Waals surface area contributed by atoms with Crippen LogP contribution in [0.2, 0.25) is 5.02 Å². The van der Waals surface area contributed by atoms with Crippen LogP contribution >= 0.6 is 11.6 Å². The minimum Gasteiger partial charge on any atom is -0.481 e. The SMILES string of the molecule is O=C(O)CC1CN(CC(=O)Nc2ccc(Cl)cc2)C1. The summed E-state index contributed by atoms with van der Waals surface area (Å²) in [6.45, 7) is 1.62. The molecule has 1 aliphatic rings. The highest BCUT2D eigenvalue weighted by atomic mass is 35.5. The van der Waals surface area contributed by atoms with Crippen molar-refractivity contribution in [3.05, 3.63) is 29.3 Å². The van der Waals surface area contributed by atoms with E-state index in [-0.39, 0.29) is 18.2 Å². The maximum atomic E-state index is 11.7. The first-order chi connectivity index (χ1) is 9.02. The Kier molecular flexibility index (Phi) is 4.39. The van der Waals surface area contributed by atoms with Crippen LogP contribution < -0.4 is 5.32 Å². The van der Waals surface area contributed by atoms with E-state index in [2.05, 4.69) is 5.32 Å². The van der Waals surface area contributed by atoms with Crippen LogP contribution in [0.15, 0.2) is 24.3 Å². The van der Waals surface area contributed by atoms with Gasteiger partial charge < -0.3 is 10.4 Å². The molecular formula is C13H15ClN2O3. The van der Waals surface area contributed by atoms with E-state index < -0.39 is 5.97 Å². The van der Waals surface area contributed by atoms with E-state index in [0.717, 1.165) is 0 Å². The predicted molar refractivity (Wildman–Crippen MR) is 72.3 cm³/mol. The number of hydrogen-bond acceptors (Lipinski definition) is 3. The average Bonchev–Trinajstić information content (AvgIpc) is 2.29. The molecule has 6 heteroatoms. The van der Waals surface area contributed by atoms with Gasteiger partial charge in [-0.2, -0.15) is 0 Å². The Morgan fingerprint density at radius 3 is 2.53 bits per heavy atom. The average molecular weight is 283 g/mol. The second kappa shape index (κ2) is 6.04. The van der Waals surface area contributed by atoms with E-state index in [1.54, 1.807) is 24.3 Å². The third-order valence-electron chi connectivity index (χ3n) is 2.99. The first-order valence-electron chi connectivity index (χ1n) is 6.02. The Bertz CT molecular complexity index is 469. The molecule has 1 heterocycles. The van der Waals surface area contributed by atoms with Crippen LogP contribution in [0.3, 0.4) is 0 Å². The lowest BCUT2D eigenvalue weighted by Gasteiger charge is -2.37. The van der Waals surface area contributed by atoms with E-state index in [9.17, 15) is 9.59 Å². The number of carbonyl (C=O) groups is 2. The van der Waals surface area contributed by atoms with Crippen LogP contribution in [0.1, 0.15) is 6.42 Å². The first kappa shape index (κ1) is 13.8. The van der Waals surface area contributed by atoms with Gasteiger partial charge in [-0.15, -0.1) is 0 Å². The lowest BCUT2D eigenvalue weighted by Crippen LogP contribution is -2.50. The molecule has 1 fully saturated rings. The van der Waals surface area contributed by atoms with Gasteiger partial charge in [0.15, 0.2) is 0 Å². The van der Waals surface area contributed by atoms with Crippen LogP contribution in [0.4, 0.5) is 5.69 Å². The Hall–Kier alpha value is -1.59. The monoisotopic (exact) mass is 282 g/mol. The molecule has 19 heavy (non-hydrogen) atoms. The molecule has 2 N–H and O–H groups in total. The van der Waals surface area contributed by atoms with Gasteiger partial charge in [0.25, 0.3) is 0 Å². The van der Waals surface area contributed by atoms with Gasteiger partial charge in [0.05, 0.1) is 13.0 Å². The number of hydrogen-bond donors (Lipinski definition) is 2. The fourth-order valence-corrected chi connectivity index (χ4v) is 2.24. The number of nitrogens with zero attached hydrogens (tertiary/aromatic N) is 1. The maximum Gasteiger partial charge on any atom is 0.303 e. The number of carboxylic acid groups (broad SMARTS) is 1. The third kappa shape index (κ3) is 4.22. The van der Waals surface area contributed by atoms with Crippen molar-refractivity contribution < 1.29 is 14.7 Å². The van der Waals surface area contributed by atoms with Crippen LogP contribution in [0.5, 0.6) is 0 Å². The number of anilines is 1. The molecule has 1 amide bonds. The zero-order valence-electron chi connectivity index (χ0n) is 10.3. The van der Waals surface area contributed by atoms with E-state index in [0.29, 0.717) is 30.3 Å². The molecule has 5 nitrogen and oxygen atoms in total. The zero-order chi connectivity index (χ0) is 13.8. The summed E-state index contributed by atoms with van der Waals surface area (Å²) in [5, 5.41) is 12.0. The van der Waals surface area contributed by atoms with Gasteiger partial charge in [-0.1, -0.05) is 11.6 Å². The fraction of sp³-hybridized carbons (Fsp3) is 0.385. The van der Waals surface area contributed by atoms with Crippen LogP contribution in [0.25, 0.3) is 0 Å². The second-order valence-electron chi connectivity index (χ2n) is 4.71. The summed E-state index contributed by atoms with van der Waals surface area (Å²) in [6, 6.07) is 6.90. The largest absolute Gasteiger partial charge is 0.481 e. The van der Waals surface area contributed by atoms with E-state index in [1.807, 2.05) is 4.90 Å². The molecule has 1 aliphatic heterocycles. The Morgan fingerprint density at radius 2 is 1.95 bits per heavy atom. The van der Waals surface area contributed by atoms with Gasteiger partial charge in [-0.05, 0) is 30.2 Å². The zero-order valence-corrected chi connectivity index (χ0v) is 11.1. The quantitative estimate of drug-likeness (QED) is 0.862. The molecule has 0 spiro atoms. The molecular weight excluding hydrogens is 268 g/mol. The van der Waals surface area contributed by atoms with Gasteiger partial charge >= 0.3 is 5.97 Å².